The minimum Gasteiger partial charge on any atom is -0.436 e. The summed E-state index contributed by atoms with van der Waals surface area (Å²) in [5.74, 6) is 0.564. The van der Waals surface area contributed by atoms with E-state index in [2.05, 4.69) is 130 Å². The predicted octanol–water partition coefficient (Wildman–Crippen LogP) is 11.7. The number of hydrogen-bond donors (Lipinski definition) is 0. The first-order valence-electron chi connectivity index (χ1n) is 15.4. The second-order valence-corrected chi connectivity index (χ2v) is 12.7. The lowest BCUT2D eigenvalue weighted by atomic mass is 9.85. The van der Waals surface area contributed by atoms with Gasteiger partial charge in [-0.2, -0.15) is 0 Å². The number of para-hydroxylation sites is 1. The molecule has 0 atom stereocenters. The van der Waals surface area contributed by atoms with Crippen LogP contribution in [-0.2, 0) is 5.41 Å². The molecule has 0 fully saturated rings. The van der Waals surface area contributed by atoms with Crippen LogP contribution in [0, 0.1) is 0 Å². The van der Waals surface area contributed by atoms with E-state index < -0.39 is 0 Å². The molecule has 3 nitrogen and oxygen atoms in total. The lowest BCUT2D eigenvalue weighted by Gasteiger charge is -2.20. The fourth-order valence-electron chi connectivity index (χ4n) is 6.25. The average Bonchev–Trinajstić information content (AvgIpc) is 3.51. The highest BCUT2D eigenvalue weighted by Crippen LogP contribution is 2.39. The van der Waals surface area contributed by atoms with Crippen molar-refractivity contribution < 1.29 is 4.42 Å². The van der Waals surface area contributed by atoms with Crippen LogP contribution in [0.1, 0.15) is 31.9 Å². The molecule has 1 heterocycles. The molecule has 0 saturated carbocycles. The smallest absolute Gasteiger partial charge is 0.229 e. The van der Waals surface area contributed by atoms with Gasteiger partial charge in [0.15, 0.2) is 5.58 Å². The van der Waals surface area contributed by atoms with E-state index in [1.165, 1.54) is 37.9 Å². The maximum Gasteiger partial charge on any atom is 0.229 e. The zero-order chi connectivity index (χ0) is 30.5. The van der Waals surface area contributed by atoms with Crippen LogP contribution in [0.4, 0.5) is 5.69 Å². The summed E-state index contributed by atoms with van der Waals surface area (Å²) in [6, 6.07) is 46.8. The highest BCUT2D eigenvalue weighted by atomic mass is 16.3. The first-order chi connectivity index (χ1) is 21.9. The number of oxazole rings is 1. The standard InChI is InChI=1S/C42H32N2O/c1-42(2,3)32-24-37(30-21-20-27-12-4-5-13-28(27)22-30)40-39(25-32)45-41(44-40)36-18-10-11-19-38(36)43-26-31-23-29-14-6-7-15-33(29)35-17-9-8-16-34(31)35/h4-26H,1-3H3. The summed E-state index contributed by atoms with van der Waals surface area (Å²) in [4.78, 5) is 10.2. The Morgan fingerprint density at radius 3 is 2.11 bits per heavy atom. The summed E-state index contributed by atoms with van der Waals surface area (Å²) in [5.41, 5.74) is 7.72. The molecule has 0 aliphatic carbocycles. The third-order valence-electron chi connectivity index (χ3n) is 8.70. The van der Waals surface area contributed by atoms with E-state index >= 15 is 0 Å². The fraction of sp³-hybridized carbons (Fsp3) is 0.0952. The van der Waals surface area contributed by atoms with Gasteiger partial charge in [-0.25, -0.2) is 4.98 Å². The maximum atomic E-state index is 6.58. The van der Waals surface area contributed by atoms with Gasteiger partial charge in [-0.15, -0.1) is 0 Å². The molecule has 0 saturated heterocycles. The molecule has 0 aliphatic rings. The van der Waals surface area contributed by atoms with Crippen LogP contribution in [-0.4, -0.2) is 11.2 Å². The van der Waals surface area contributed by atoms with Crippen molar-refractivity contribution in [3.8, 4) is 22.6 Å². The van der Waals surface area contributed by atoms with E-state index in [9.17, 15) is 0 Å². The van der Waals surface area contributed by atoms with Gasteiger partial charge in [0.2, 0.25) is 5.89 Å². The normalized spacial score (nSPS) is 12.2. The monoisotopic (exact) mass is 580 g/mol. The molecule has 0 amide bonds. The minimum absolute atomic E-state index is 0.0580. The molecule has 0 bridgehead atoms. The van der Waals surface area contributed by atoms with Gasteiger partial charge in [0.1, 0.15) is 5.52 Å². The van der Waals surface area contributed by atoms with E-state index in [1.807, 2.05) is 30.5 Å². The average molecular weight is 581 g/mol. The SMILES string of the molecule is CC(C)(C)c1cc(-c2ccc3ccccc3c2)c2nc(-c3ccccc3N=Cc3cc4ccccc4c4ccccc34)oc2c1. The molecule has 0 radical (unpaired) electrons. The Hall–Kier alpha value is -5.54. The topological polar surface area (TPSA) is 38.4 Å². The van der Waals surface area contributed by atoms with Gasteiger partial charge in [0.25, 0.3) is 0 Å². The molecule has 45 heavy (non-hydrogen) atoms. The van der Waals surface area contributed by atoms with E-state index in [0.717, 1.165) is 39.0 Å². The van der Waals surface area contributed by atoms with E-state index in [4.69, 9.17) is 14.4 Å². The molecule has 0 N–H and O–H groups in total. The lowest BCUT2D eigenvalue weighted by Crippen LogP contribution is -2.11. The summed E-state index contributed by atoms with van der Waals surface area (Å²) in [7, 11) is 0. The Labute approximate surface area is 262 Å². The zero-order valence-electron chi connectivity index (χ0n) is 25.6. The van der Waals surface area contributed by atoms with Crippen molar-refractivity contribution in [3.05, 3.63) is 145 Å². The number of rotatable bonds is 4. The number of aromatic nitrogens is 1. The second kappa shape index (κ2) is 10.6. The molecular weight excluding hydrogens is 548 g/mol. The van der Waals surface area contributed by atoms with Gasteiger partial charge < -0.3 is 4.42 Å². The molecular formula is C42H32N2O. The Kier molecular flexibility index (Phi) is 6.35. The van der Waals surface area contributed by atoms with Gasteiger partial charge in [-0.3, -0.25) is 4.99 Å². The minimum atomic E-state index is -0.0580. The summed E-state index contributed by atoms with van der Waals surface area (Å²) < 4.78 is 6.58. The predicted molar refractivity (Wildman–Crippen MR) is 190 cm³/mol. The summed E-state index contributed by atoms with van der Waals surface area (Å²) in [6.45, 7) is 6.70. The van der Waals surface area contributed by atoms with E-state index in [0.29, 0.717) is 5.89 Å². The second-order valence-electron chi connectivity index (χ2n) is 12.7. The van der Waals surface area contributed by atoms with Crippen LogP contribution in [0.2, 0.25) is 0 Å². The Bertz CT molecular complexity index is 2420. The number of benzene rings is 7. The van der Waals surface area contributed by atoms with Crippen LogP contribution in [0.25, 0.3) is 66.0 Å². The first kappa shape index (κ1) is 27.0. The molecule has 8 aromatic rings. The third kappa shape index (κ3) is 4.87. The van der Waals surface area contributed by atoms with Crippen LogP contribution in [0.3, 0.4) is 0 Å². The van der Waals surface area contributed by atoms with E-state index in [-0.39, 0.29) is 5.41 Å². The number of aliphatic imine (C=N–C) groups is 1. The summed E-state index contributed by atoms with van der Waals surface area (Å²) in [6.07, 6.45) is 1.97. The van der Waals surface area contributed by atoms with Crippen molar-refractivity contribution in [1.82, 2.24) is 4.98 Å². The molecule has 0 aliphatic heterocycles. The zero-order valence-corrected chi connectivity index (χ0v) is 25.6. The van der Waals surface area contributed by atoms with Gasteiger partial charge in [-0.05, 0) is 85.3 Å². The van der Waals surface area contributed by atoms with Gasteiger partial charge >= 0.3 is 0 Å². The largest absolute Gasteiger partial charge is 0.436 e. The molecule has 1 aromatic heterocycles. The highest BCUT2D eigenvalue weighted by Gasteiger charge is 2.21. The third-order valence-corrected chi connectivity index (χ3v) is 8.70. The first-order valence-corrected chi connectivity index (χ1v) is 15.4. The van der Waals surface area contributed by atoms with Crippen molar-refractivity contribution in [1.29, 1.82) is 0 Å². The molecule has 216 valence electrons. The van der Waals surface area contributed by atoms with Gasteiger partial charge in [0, 0.05) is 17.3 Å². The lowest BCUT2D eigenvalue weighted by molar-refractivity contribution is 0.584. The number of fused-ring (bicyclic) bond motifs is 5. The van der Waals surface area contributed by atoms with Gasteiger partial charge in [-0.1, -0.05) is 118 Å². The maximum absolute atomic E-state index is 6.58. The Morgan fingerprint density at radius 1 is 0.600 bits per heavy atom. The molecule has 0 spiro atoms. The van der Waals surface area contributed by atoms with Crippen molar-refractivity contribution in [2.24, 2.45) is 4.99 Å². The van der Waals surface area contributed by atoms with Crippen molar-refractivity contribution in [3.63, 3.8) is 0 Å². The fourth-order valence-corrected chi connectivity index (χ4v) is 6.25. The molecule has 0 unspecified atom stereocenters. The van der Waals surface area contributed by atoms with Crippen molar-refractivity contribution in [2.45, 2.75) is 26.2 Å². The van der Waals surface area contributed by atoms with Gasteiger partial charge in [0.05, 0.1) is 11.3 Å². The number of nitrogens with zero attached hydrogens (tertiary/aromatic N) is 2. The van der Waals surface area contributed by atoms with Crippen LogP contribution in [0.5, 0.6) is 0 Å². The van der Waals surface area contributed by atoms with Crippen LogP contribution < -0.4 is 0 Å². The van der Waals surface area contributed by atoms with Crippen LogP contribution >= 0.6 is 0 Å². The quantitative estimate of drug-likeness (QED) is 0.153. The van der Waals surface area contributed by atoms with Crippen LogP contribution in [0.15, 0.2) is 143 Å². The molecule has 8 rings (SSSR count). The summed E-state index contributed by atoms with van der Waals surface area (Å²) in [5, 5.41) is 7.26. The number of hydrogen-bond acceptors (Lipinski definition) is 3. The Balaban J connectivity index is 1.27. The van der Waals surface area contributed by atoms with Crippen molar-refractivity contribution >= 4 is 55.3 Å². The Morgan fingerprint density at radius 2 is 1.29 bits per heavy atom. The molecule has 7 aromatic carbocycles. The van der Waals surface area contributed by atoms with E-state index in [1.54, 1.807) is 0 Å². The highest BCUT2D eigenvalue weighted by molar-refractivity contribution is 6.14. The molecule has 3 heteroatoms. The van der Waals surface area contributed by atoms with Crippen molar-refractivity contribution in [2.75, 3.05) is 0 Å². The summed E-state index contributed by atoms with van der Waals surface area (Å²) >= 11 is 0.